The minimum atomic E-state index is 0.187. The third-order valence-corrected chi connectivity index (χ3v) is 4.61. The predicted molar refractivity (Wildman–Crippen MR) is 83.4 cm³/mol. The zero-order valence-electron chi connectivity index (χ0n) is 13.4. The maximum Gasteiger partial charge on any atom is 0.234 e. The summed E-state index contributed by atoms with van der Waals surface area (Å²) in [6, 6.07) is 2.41. The van der Waals surface area contributed by atoms with Crippen LogP contribution in [-0.2, 0) is 11.3 Å². The molecule has 0 unspecified atom stereocenters. The number of aryl methyl sites for hydroxylation is 1. The van der Waals surface area contributed by atoms with Crippen molar-refractivity contribution in [2.45, 2.75) is 45.2 Å². The Balaban J connectivity index is 1.37. The first-order valence-electron chi connectivity index (χ1n) is 8.35. The number of aromatic nitrogens is 1. The van der Waals surface area contributed by atoms with Gasteiger partial charge in [0.15, 0.2) is 0 Å². The summed E-state index contributed by atoms with van der Waals surface area (Å²) >= 11 is 0. The lowest BCUT2D eigenvalue weighted by Gasteiger charge is -2.33. The molecule has 0 atom stereocenters. The first-order valence-corrected chi connectivity index (χ1v) is 8.35. The number of nitrogens with one attached hydrogen (secondary N) is 1. The fourth-order valence-corrected chi connectivity index (χ4v) is 3.37. The summed E-state index contributed by atoms with van der Waals surface area (Å²) in [5.74, 6) is 1.05. The number of rotatable bonds is 5. The van der Waals surface area contributed by atoms with Crippen LogP contribution in [0.15, 0.2) is 10.6 Å². The zero-order valence-corrected chi connectivity index (χ0v) is 13.4. The SMILES string of the molecule is Cc1cc(CN2CCN(CC(=O)NC3CCCC3)CC2)no1. The number of piperazine rings is 1. The maximum absolute atomic E-state index is 12.1. The molecule has 0 aromatic carbocycles. The molecule has 1 aliphatic heterocycles. The number of amides is 1. The van der Waals surface area contributed by atoms with Gasteiger partial charge in [-0.3, -0.25) is 14.6 Å². The van der Waals surface area contributed by atoms with Crippen molar-refractivity contribution in [1.82, 2.24) is 20.3 Å². The highest BCUT2D eigenvalue weighted by Gasteiger charge is 2.22. The molecule has 3 rings (SSSR count). The molecule has 22 heavy (non-hydrogen) atoms. The Morgan fingerprint density at radius 3 is 2.59 bits per heavy atom. The number of hydrogen-bond acceptors (Lipinski definition) is 5. The predicted octanol–water partition coefficient (Wildman–Crippen LogP) is 1.16. The highest BCUT2D eigenvalue weighted by Crippen LogP contribution is 2.17. The van der Waals surface area contributed by atoms with Gasteiger partial charge in [0.2, 0.25) is 5.91 Å². The lowest BCUT2D eigenvalue weighted by atomic mass is 10.2. The molecular formula is C16H26N4O2. The second-order valence-electron chi connectivity index (χ2n) is 6.53. The summed E-state index contributed by atoms with van der Waals surface area (Å²) in [6.07, 6.45) is 4.81. The number of nitrogens with zero attached hydrogens (tertiary/aromatic N) is 3. The summed E-state index contributed by atoms with van der Waals surface area (Å²) < 4.78 is 5.10. The first kappa shape index (κ1) is 15.5. The Hall–Kier alpha value is -1.40. The molecule has 1 aliphatic carbocycles. The van der Waals surface area contributed by atoms with Crippen LogP contribution < -0.4 is 5.32 Å². The third-order valence-electron chi connectivity index (χ3n) is 4.61. The van der Waals surface area contributed by atoms with E-state index in [0.717, 1.165) is 57.0 Å². The largest absolute Gasteiger partial charge is 0.361 e. The minimum Gasteiger partial charge on any atom is -0.361 e. The van der Waals surface area contributed by atoms with E-state index in [1.807, 2.05) is 13.0 Å². The van der Waals surface area contributed by atoms with Crippen LogP contribution in [0.1, 0.15) is 37.1 Å². The van der Waals surface area contributed by atoms with Crippen molar-refractivity contribution in [3.63, 3.8) is 0 Å². The lowest BCUT2D eigenvalue weighted by Crippen LogP contribution is -2.50. The van der Waals surface area contributed by atoms with Gasteiger partial charge in [0, 0.05) is 44.8 Å². The maximum atomic E-state index is 12.1. The van der Waals surface area contributed by atoms with E-state index in [-0.39, 0.29) is 5.91 Å². The molecule has 2 fully saturated rings. The summed E-state index contributed by atoms with van der Waals surface area (Å²) in [5, 5.41) is 7.20. The van der Waals surface area contributed by atoms with Gasteiger partial charge in [-0.05, 0) is 19.8 Å². The van der Waals surface area contributed by atoms with E-state index in [0.29, 0.717) is 12.6 Å². The van der Waals surface area contributed by atoms with Gasteiger partial charge in [0.05, 0.1) is 12.2 Å². The van der Waals surface area contributed by atoms with E-state index < -0.39 is 0 Å². The number of carbonyl (C=O) groups excluding carboxylic acids is 1. The van der Waals surface area contributed by atoms with Gasteiger partial charge in [0.1, 0.15) is 5.76 Å². The van der Waals surface area contributed by atoms with E-state index in [1.165, 1.54) is 12.8 Å². The fraction of sp³-hybridized carbons (Fsp3) is 0.750. The van der Waals surface area contributed by atoms with Crippen LogP contribution in [-0.4, -0.2) is 59.6 Å². The summed E-state index contributed by atoms with van der Waals surface area (Å²) in [7, 11) is 0. The van der Waals surface area contributed by atoms with Crippen LogP contribution in [0.25, 0.3) is 0 Å². The molecule has 1 saturated heterocycles. The molecule has 2 heterocycles. The van der Waals surface area contributed by atoms with E-state index in [4.69, 9.17) is 4.52 Å². The average Bonchev–Trinajstić information content (AvgIpc) is 3.13. The summed E-state index contributed by atoms with van der Waals surface area (Å²) in [5.41, 5.74) is 0.991. The molecule has 2 aliphatic rings. The van der Waals surface area contributed by atoms with Crippen molar-refractivity contribution in [3.8, 4) is 0 Å². The molecule has 1 aromatic heterocycles. The van der Waals surface area contributed by atoms with Gasteiger partial charge < -0.3 is 9.84 Å². The quantitative estimate of drug-likeness (QED) is 0.884. The molecule has 1 saturated carbocycles. The second kappa shape index (κ2) is 7.24. The Kier molecular flexibility index (Phi) is 5.10. The lowest BCUT2D eigenvalue weighted by molar-refractivity contribution is -0.123. The molecule has 6 heteroatoms. The molecule has 122 valence electrons. The molecular weight excluding hydrogens is 280 g/mol. The normalized spacial score (nSPS) is 21.3. The highest BCUT2D eigenvalue weighted by atomic mass is 16.5. The van der Waals surface area contributed by atoms with Gasteiger partial charge in [-0.1, -0.05) is 18.0 Å². The van der Waals surface area contributed by atoms with Gasteiger partial charge in [-0.25, -0.2) is 0 Å². The molecule has 1 aromatic rings. The highest BCUT2D eigenvalue weighted by molar-refractivity contribution is 5.78. The van der Waals surface area contributed by atoms with Crippen molar-refractivity contribution in [2.24, 2.45) is 0 Å². The van der Waals surface area contributed by atoms with Gasteiger partial charge >= 0.3 is 0 Å². The average molecular weight is 306 g/mol. The van der Waals surface area contributed by atoms with Crippen LogP contribution in [0.4, 0.5) is 0 Å². The van der Waals surface area contributed by atoms with Crippen molar-refractivity contribution >= 4 is 5.91 Å². The van der Waals surface area contributed by atoms with E-state index in [9.17, 15) is 4.79 Å². The molecule has 0 radical (unpaired) electrons. The molecule has 6 nitrogen and oxygen atoms in total. The Bertz CT molecular complexity index is 488. The van der Waals surface area contributed by atoms with Crippen LogP contribution >= 0.6 is 0 Å². The van der Waals surface area contributed by atoms with E-state index in [2.05, 4.69) is 20.3 Å². The minimum absolute atomic E-state index is 0.187. The van der Waals surface area contributed by atoms with Crippen LogP contribution in [0.5, 0.6) is 0 Å². The standard InChI is InChI=1S/C16H26N4O2/c1-13-10-15(18-22-13)11-19-6-8-20(9-7-19)12-16(21)17-14-4-2-3-5-14/h10,14H,2-9,11-12H2,1H3,(H,17,21). The van der Waals surface area contributed by atoms with Crippen molar-refractivity contribution in [1.29, 1.82) is 0 Å². The monoisotopic (exact) mass is 306 g/mol. The molecule has 1 amide bonds. The Labute approximate surface area is 131 Å². The second-order valence-corrected chi connectivity index (χ2v) is 6.53. The summed E-state index contributed by atoms with van der Waals surface area (Å²) in [6.45, 7) is 7.11. The van der Waals surface area contributed by atoms with Crippen molar-refractivity contribution < 1.29 is 9.32 Å². The molecule has 1 N–H and O–H groups in total. The van der Waals surface area contributed by atoms with Crippen molar-refractivity contribution in [3.05, 3.63) is 17.5 Å². The number of carbonyl (C=O) groups is 1. The van der Waals surface area contributed by atoms with E-state index in [1.54, 1.807) is 0 Å². The Morgan fingerprint density at radius 2 is 1.95 bits per heavy atom. The topological polar surface area (TPSA) is 61.6 Å². The van der Waals surface area contributed by atoms with Gasteiger partial charge in [0.25, 0.3) is 0 Å². The van der Waals surface area contributed by atoms with Gasteiger partial charge in [-0.2, -0.15) is 0 Å². The smallest absolute Gasteiger partial charge is 0.234 e. The first-order chi connectivity index (χ1) is 10.7. The molecule has 0 bridgehead atoms. The zero-order chi connectivity index (χ0) is 15.4. The van der Waals surface area contributed by atoms with Crippen LogP contribution in [0.3, 0.4) is 0 Å². The van der Waals surface area contributed by atoms with E-state index >= 15 is 0 Å². The Morgan fingerprint density at radius 1 is 1.27 bits per heavy atom. The fourth-order valence-electron chi connectivity index (χ4n) is 3.37. The van der Waals surface area contributed by atoms with Crippen molar-refractivity contribution in [2.75, 3.05) is 32.7 Å². The summed E-state index contributed by atoms with van der Waals surface area (Å²) in [4.78, 5) is 16.7. The van der Waals surface area contributed by atoms with Crippen LogP contribution in [0.2, 0.25) is 0 Å². The molecule has 0 spiro atoms. The number of hydrogen-bond donors (Lipinski definition) is 1. The van der Waals surface area contributed by atoms with Crippen LogP contribution in [0, 0.1) is 6.92 Å². The third kappa shape index (κ3) is 4.30. The van der Waals surface area contributed by atoms with Gasteiger partial charge in [-0.15, -0.1) is 0 Å².